The largest absolute Gasteiger partial charge is 0.481 e. The maximum Gasteiger partial charge on any atom is 0.303 e. The van der Waals surface area contributed by atoms with Crippen LogP contribution < -0.4 is 0 Å². The number of carbonyl (C=O) groups is 2. The van der Waals surface area contributed by atoms with Crippen molar-refractivity contribution in [3.63, 3.8) is 0 Å². The summed E-state index contributed by atoms with van der Waals surface area (Å²) in [5.41, 5.74) is 0.960. The average Bonchev–Trinajstić information content (AvgIpc) is 2.62. The number of amides is 1. The topological polar surface area (TPSA) is 95.0 Å². The minimum Gasteiger partial charge on any atom is -0.481 e. The minimum absolute atomic E-state index is 0.0863. The van der Waals surface area contributed by atoms with E-state index in [1.165, 1.54) is 10.4 Å². The van der Waals surface area contributed by atoms with Crippen LogP contribution in [0.1, 0.15) is 49.0 Å². The quantitative estimate of drug-likeness (QED) is 0.763. The highest BCUT2D eigenvalue weighted by Gasteiger charge is 2.28. The fourth-order valence-electron chi connectivity index (χ4n) is 3.48. The molecular formula is C19H28N2O5S. The van der Waals surface area contributed by atoms with Crippen LogP contribution in [0.3, 0.4) is 0 Å². The van der Waals surface area contributed by atoms with Gasteiger partial charge in [-0.1, -0.05) is 19.9 Å². The smallest absolute Gasteiger partial charge is 0.303 e. The first-order valence-electron chi connectivity index (χ1n) is 9.32. The van der Waals surface area contributed by atoms with Gasteiger partial charge in [0.1, 0.15) is 0 Å². The molecule has 0 bridgehead atoms. The molecule has 1 heterocycles. The average molecular weight is 397 g/mol. The van der Waals surface area contributed by atoms with E-state index in [9.17, 15) is 18.0 Å². The molecule has 1 aromatic rings. The zero-order chi connectivity index (χ0) is 20.2. The van der Waals surface area contributed by atoms with Crippen LogP contribution in [0.5, 0.6) is 0 Å². The Labute approximate surface area is 161 Å². The number of piperidine rings is 1. The molecule has 1 aliphatic heterocycles. The molecule has 1 amide bonds. The molecule has 1 aliphatic rings. The monoisotopic (exact) mass is 396 g/mol. The van der Waals surface area contributed by atoms with Gasteiger partial charge in [0.25, 0.3) is 5.91 Å². The standard InChI is InChI=1S/C19H28N2O5S/c1-4-21(5-2)27(25,26)17-13-16(7-6-14(17)3)19(24)20-10-8-15(9-11-20)12-18(22)23/h6-7,13,15H,4-5,8-12H2,1-3H3,(H,22,23). The van der Waals surface area contributed by atoms with E-state index < -0.39 is 16.0 Å². The molecular weight excluding hydrogens is 368 g/mol. The van der Waals surface area contributed by atoms with E-state index in [0.29, 0.717) is 50.1 Å². The van der Waals surface area contributed by atoms with Gasteiger partial charge in [-0.25, -0.2) is 8.42 Å². The third-order valence-corrected chi connectivity index (χ3v) is 7.32. The molecule has 1 saturated heterocycles. The minimum atomic E-state index is -3.64. The summed E-state index contributed by atoms with van der Waals surface area (Å²) in [5.74, 6) is -0.937. The molecule has 0 aliphatic carbocycles. The number of likely N-dealkylation sites (tertiary alicyclic amines) is 1. The van der Waals surface area contributed by atoms with Gasteiger partial charge < -0.3 is 10.0 Å². The Morgan fingerprint density at radius 2 is 1.78 bits per heavy atom. The zero-order valence-electron chi connectivity index (χ0n) is 16.1. The zero-order valence-corrected chi connectivity index (χ0v) is 17.0. The fourth-order valence-corrected chi connectivity index (χ4v) is 5.19. The molecule has 7 nitrogen and oxygen atoms in total. The Morgan fingerprint density at radius 3 is 2.30 bits per heavy atom. The molecule has 1 aromatic carbocycles. The van der Waals surface area contributed by atoms with Crippen LogP contribution in [0.4, 0.5) is 0 Å². The van der Waals surface area contributed by atoms with E-state index in [0.717, 1.165) is 0 Å². The number of rotatable bonds is 7. The number of hydrogen-bond donors (Lipinski definition) is 1. The summed E-state index contributed by atoms with van der Waals surface area (Å²) in [5, 5.41) is 8.90. The van der Waals surface area contributed by atoms with Gasteiger partial charge in [0, 0.05) is 38.2 Å². The molecule has 0 radical (unpaired) electrons. The van der Waals surface area contributed by atoms with Crippen molar-refractivity contribution >= 4 is 21.9 Å². The molecule has 0 atom stereocenters. The molecule has 0 unspecified atom stereocenters. The van der Waals surface area contributed by atoms with E-state index in [2.05, 4.69) is 0 Å². The van der Waals surface area contributed by atoms with Crippen molar-refractivity contribution < 1.29 is 23.1 Å². The normalized spacial score (nSPS) is 15.9. The molecule has 27 heavy (non-hydrogen) atoms. The Morgan fingerprint density at radius 1 is 1.19 bits per heavy atom. The second-order valence-electron chi connectivity index (χ2n) is 6.90. The van der Waals surface area contributed by atoms with Crippen LogP contribution in [0, 0.1) is 12.8 Å². The van der Waals surface area contributed by atoms with E-state index in [1.807, 2.05) is 0 Å². The highest BCUT2D eigenvalue weighted by Crippen LogP contribution is 2.25. The van der Waals surface area contributed by atoms with Crippen molar-refractivity contribution in [1.82, 2.24) is 9.21 Å². The second-order valence-corrected chi connectivity index (χ2v) is 8.81. The number of carboxylic acid groups (broad SMARTS) is 1. The van der Waals surface area contributed by atoms with Gasteiger partial charge in [0.15, 0.2) is 0 Å². The van der Waals surface area contributed by atoms with Gasteiger partial charge in [-0.15, -0.1) is 0 Å². The van der Waals surface area contributed by atoms with Gasteiger partial charge in [0.05, 0.1) is 4.90 Å². The molecule has 8 heteroatoms. The van der Waals surface area contributed by atoms with Crippen LogP contribution in [-0.4, -0.2) is 60.8 Å². The number of sulfonamides is 1. The Balaban J connectivity index is 2.21. The lowest BCUT2D eigenvalue weighted by Gasteiger charge is -2.31. The Bertz CT molecular complexity index is 794. The Hall–Kier alpha value is -1.93. The Kier molecular flexibility index (Phi) is 7.00. The van der Waals surface area contributed by atoms with Crippen molar-refractivity contribution in [3.8, 4) is 0 Å². The number of aliphatic carboxylic acids is 1. The maximum absolute atomic E-state index is 12.9. The number of hydrogen-bond acceptors (Lipinski definition) is 4. The van der Waals surface area contributed by atoms with Crippen molar-refractivity contribution in [2.45, 2.75) is 44.9 Å². The number of carboxylic acids is 1. The molecule has 0 saturated carbocycles. The van der Waals surface area contributed by atoms with Gasteiger partial charge in [-0.05, 0) is 43.4 Å². The number of carbonyl (C=O) groups excluding carboxylic acids is 1. The maximum atomic E-state index is 12.9. The first-order chi connectivity index (χ1) is 12.7. The lowest BCUT2D eigenvalue weighted by atomic mass is 9.93. The molecule has 0 aromatic heterocycles. The van der Waals surface area contributed by atoms with Crippen LogP contribution in [0.2, 0.25) is 0 Å². The molecule has 0 spiro atoms. The number of benzene rings is 1. The third-order valence-electron chi connectivity index (χ3n) is 5.12. The van der Waals surface area contributed by atoms with Crippen molar-refractivity contribution in [2.24, 2.45) is 5.92 Å². The van der Waals surface area contributed by atoms with Crippen LogP contribution >= 0.6 is 0 Å². The lowest BCUT2D eigenvalue weighted by molar-refractivity contribution is -0.138. The van der Waals surface area contributed by atoms with E-state index in [-0.39, 0.29) is 23.1 Å². The summed E-state index contributed by atoms with van der Waals surface area (Å²) >= 11 is 0. The summed E-state index contributed by atoms with van der Waals surface area (Å²) in [4.78, 5) is 25.5. The summed E-state index contributed by atoms with van der Waals surface area (Å²) in [6.07, 6.45) is 1.42. The van der Waals surface area contributed by atoms with E-state index >= 15 is 0 Å². The second kappa shape index (κ2) is 8.84. The van der Waals surface area contributed by atoms with Gasteiger partial charge in [-0.2, -0.15) is 4.31 Å². The van der Waals surface area contributed by atoms with E-state index in [1.54, 1.807) is 37.8 Å². The summed E-state index contributed by atoms with van der Waals surface area (Å²) in [6.45, 7) is 7.01. The predicted octanol–water partition coefficient (Wildman–Crippen LogP) is 2.35. The van der Waals surface area contributed by atoms with Crippen LogP contribution in [-0.2, 0) is 14.8 Å². The lowest BCUT2D eigenvalue weighted by Crippen LogP contribution is -2.39. The van der Waals surface area contributed by atoms with Crippen LogP contribution in [0.15, 0.2) is 23.1 Å². The highest BCUT2D eigenvalue weighted by atomic mass is 32.2. The first-order valence-corrected chi connectivity index (χ1v) is 10.8. The van der Waals surface area contributed by atoms with E-state index in [4.69, 9.17) is 5.11 Å². The predicted molar refractivity (Wildman–Crippen MR) is 102 cm³/mol. The summed E-state index contributed by atoms with van der Waals surface area (Å²) in [6, 6.07) is 4.79. The highest BCUT2D eigenvalue weighted by molar-refractivity contribution is 7.89. The molecule has 1 fully saturated rings. The molecule has 2 rings (SSSR count). The third kappa shape index (κ3) is 4.87. The molecule has 150 valence electrons. The van der Waals surface area contributed by atoms with Crippen LogP contribution in [0.25, 0.3) is 0 Å². The summed E-state index contributed by atoms with van der Waals surface area (Å²) < 4.78 is 27.1. The first kappa shape index (κ1) is 21.4. The summed E-state index contributed by atoms with van der Waals surface area (Å²) in [7, 11) is -3.64. The number of nitrogens with zero attached hydrogens (tertiary/aromatic N) is 2. The SMILES string of the molecule is CCN(CC)S(=O)(=O)c1cc(C(=O)N2CCC(CC(=O)O)CC2)ccc1C. The molecule has 1 N–H and O–H groups in total. The van der Waals surface area contributed by atoms with Crippen molar-refractivity contribution in [2.75, 3.05) is 26.2 Å². The van der Waals surface area contributed by atoms with Gasteiger partial charge in [-0.3, -0.25) is 9.59 Å². The van der Waals surface area contributed by atoms with Gasteiger partial charge >= 0.3 is 5.97 Å². The number of aryl methyl sites for hydroxylation is 1. The van der Waals surface area contributed by atoms with Crippen molar-refractivity contribution in [1.29, 1.82) is 0 Å². The van der Waals surface area contributed by atoms with Gasteiger partial charge in [0.2, 0.25) is 10.0 Å². The fraction of sp³-hybridized carbons (Fsp3) is 0.579. The van der Waals surface area contributed by atoms with Crippen molar-refractivity contribution in [3.05, 3.63) is 29.3 Å².